The fourth-order valence-corrected chi connectivity index (χ4v) is 0. The van der Waals surface area contributed by atoms with Gasteiger partial charge < -0.3 is 5.11 Å². The molecule has 0 aromatic heterocycles. The van der Waals surface area contributed by atoms with Crippen molar-refractivity contribution in [1.82, 2.24) is 0 Å². The summed E-state index contributed by atoms with van der Waals surface area (Å²) in [7, 11) is -4.61. The van der Waals surface area contributed by atoms with E-state index in [4.69, 9.17) is 28.1 Å². The lowest BCUT2D eigenvalue weighted by Crippen LogP contribution is -1.97. The van der Waals surface area contributed by atoms with Gasteiger partial charge in [-0.05, 0) is 0 Å². The molecule has 0 atom stereocenters. The summed E-state index contributed by atoms with van der Waals surface area (Å²) in [5.74, 6) is -0.833. The molecule has 0 radical (unpaired) electrons. The summed E-state index contributed by atoms with van der Waals surface area (Å²) >= 11 is 0. The molecule has 0 spiro atoms. The van der Waals surface area contributed by atoms with Gasteiger partial charge in [-0.3, -0.25) is 9.35 Å². The summed E-state index contributed by atoms with van der Waals surface area (Å²) < 4.78 is 28.0. The van der Waals surface area contributed by atoms with Gasteiger partial charge in [-0.2, -0.15) is 8.42 Å². The van der Waals surface area contributed by atoms with Gasteiger partial charge in [0.1, 0.15) is 0 Å². The summed E-state index contributed by atoms with van der Waals surface area (Å²) in [6.45, 7) is 1.08. The summed E-state index contributed by atoms with van der Waals surface area (Å²) in [6.07, 6.45) is 0. The number of carbonyl (C=O) groups is 1. The second kappa shape index (κ2) is 5.11. The predicted octanol–water partition coefficient (Wildman–Crippen LogP) is -0.630. The standard InChI is InChI=1S/C2H4O2.H2O5S/c1-2(3)4;1-5-6(2,3)4/h1H3,(H,3,4);1H,(H,2,3,4). The summed E-state index contributed by atoms with van der Waals surface area (Å²) in [5.41, 5.74) is 0. The molecule has 3 N–H and O–H groups in total. The van der Waals surface area contributed by atoms with Crippen molar-refractivity contribution in [2.24, 2.45) is 0 Å². The Bertz CT molecular complexity index is 174. The van der Waals surface area contributed by atoms with Gasteiger partial charge in [0, 0.05) is 6.92 Å². The van der Waals surface area contributed by atoms with Crippen LogP contribution in [0, 0.1) is 0 Å². The predicted molar refractivity (Wildman–Crippen MR) is 28.6 cm³/mol. The fraction of sp³-hybridized carbons (Fsp3) is 0.500. The topological polar surface area (TPSA) is 121 Å². The lowest BCUT2D eigenvalue weighted by molar-refractivity contribution is -0.139. The zero-order valence-corrected chi connectivity index (χ0v) is 5.70. The molecule has 0 fully saturated rings. The van der Waals surface area contributed by atoms with E-state index in [0.29, 0.717) is 0 Å². The Balaban J connectivity index is 0. The van der Waals surface area contributed by atoms with Crippen LogP contribution >= 0.6 is 0 Å². The van der Waals surface area contributed by atoms with Crippen LogP contribution in [0.2, 0.25) is 0 Å². The van der Waals surface area contributed by atoms with Crippen molar-refractivity contribution in [3.63, 3.8) is 0 Å². The first-order valence-electron chi connectivity index (χ1n) is 1.79. The van der Waals surface area contributed by atoms with Gasteiger partial charge in [-0.1, -0.05) is 4.33 Å². The van der Waals surface area contributed by atoms with Crippen molar-refractivity contribution in [1.29, 1.82) is 0 Å². The molecular weight excluding hydrogens is 168 g/mol. The third kappa shape index (κ3) is 54.8. The lowest BCUT2D eigenvalue weighted by atomic mass is 10.9. The van der Waals surface area contributed by atoms with Crippen molar-refractivity contribution in [2.75, 3.05) is 0 Å². The molecule has 0 aromatic carbocycles. The molecular formula is C2H6O7S. The molecule has 0 amide bonds. The zero-order chi connectivity index (χ0) is 8.78. The molecule has 0 aliphatic carbocycles. The van der Waals surface area contributed by atoms with Crippen molar-refractivity contribution in [3.05, 3.63) is 0 Å². The summed E-state index contributed by atoms with van der Waals surface area (Å²) in [4.78, 5) is 9.00. The SMILES string of the molecule is CC(=O)O.O=S(=O)(O)OO. The van der Waals surface area contributed by atoms with E-state index in [1.807, 2.05) is 0 Å². The van der Waals surface area contributed by atoms with Gasteiger partial charge >= 0.3 is 10.4 Å². The first-order chi connectivity index (χ1) is 4.29. The average molecular weight is 174 g/mol. The van der Waals surface area contributed by atoms with Gasteiger partial charge in [-0.25, -0.2) is 5.26 Å². The smallest absolute Gasteiger partial charge is 0.423 e. The molecule has 0 unspecified atom stereocenters. The lowest BCUT2D eigenvalue weighted by Gasteiger charge is -1.79. The van der Waals surface area contributed by atoms with Gasteiger partial charge in [0.25, 0.3) is 5.97 Å². The molecule has 0 aliphatic rings. The molecule has 0 aromatic rings. The third-order valence-corrected chi connectivity index (χ3v) is 0.283. The minimum atomic E-state index is -4.61. The van der Waals surface area contributed by atoms with E-state index in [0.717, 1.165) is 6.92 Å². The van der Waals surface area contributed by atoms with Crippen molar-refractivity contribution >= 4 is 16.4 Å². The maximum absolute atomic E-state index is 9.08. The van der Waals surface area contributed by atoms with E-state index in [9.17, 15) is 0 Å². The van der Waals surface area contributed by atoms with Gasteiger partial charge in [-0.15, -0.1) is 0 Å². The molecule has 0 saturated heterocycles. The highest BCUT2D eigenvalue weighted by molar-refractivity contribution is 7.80. The van der Waals surface area contributed by atoms with Crippen molar-refractivity contribution in [3.8, 4) is 0 Å². The molecule has 0 aliphatic heterocycles. The number of carboxylic acid groups (broad SMARTS) is 1. The Labute approximate surface area is 56.7 Å². The Hall–Kier alpha value is -0.700. The Morgan fingerprint density at radius 1 is 1.50 bits per heavy atom. The maximum Gasteiger partial charge on any atom is 0.423 e. The minimum Gasteiger partial charge on any atom is -0.481 e. The number of hydrogen-bond donors (Lipinski definition) is 3. The Morgan fingerprint density at radius 3 is 1.60 bits per heavy atom. The molecule has 0 saturated carbocycles. The molecule has 0 heterocycles. The second-order valence-corrected chi connectivity index (χ2v) is 2.03. The van der Waals surface area contributed by atoms with Gasteiger partial charge in [0.2, 0.25) is 0 Å². The molecule has 10 heavy (non-hydrogen) atoms. The van der Waals surface area contributed by atoms with Crippen LogP contribution in [0.4, 0.5) is 0 Å². The zero-order valence-electron chi connectivity index (χ0n) is 4.88. The van der Waals surface area contributed by atoms with Crippen LogP contribution in [0.5, 0.6) is 0 Å². The Morgan fingerprint density at radius 2 is 1.60 bits per heavy atom. The number of rotatable bonds is 1. The normalized spacial score (nSPS) is 9.50. The van der Waals surface area contributed by atoms with Gasteiger partial charge in [0.05, 0.1) is 0 Å². The van der Waals surface area contributed by atoms with E-state index in [1.54, 1.807) is 0 Å². The number of hydrogen-bond acceptors (Lipinski definition) is 5. The van der Waals surface area contributed by atoms with Crippen LogP contribution in [0.3, 0.4) is 0 Å². The van der Waals surface area contributed by atoms with Crippen LogP contribution in [0.25, 0.3) is 0 Å². The fourth-order valence-electron chi connectivity index (χ4n) is 0. The molecule has 7 nitrogen and oxygen atoms in total. The van der Waals surface area contributed by atoms with Crippen LogP contribution in [0.15, 0.2) is 0 Å². The largest absolute Gasteiger partial charge is 0.481 e. The highest BCUT2D eigenvalue weighted by Crippen LogP contribution is 1.74. The first-order valence-corrected chi connectivity index (χ1v) is 3.16. The van der Waals surface area contributed by atoms with Crippen LogP contribution < -0.4 is 0 Å². The molecule has 0 bridgehead atoms. The molecule has 62 valence electrons. The third-order valence-electron chi connectivity index (χ3n) is 0.0942. The molecule has 8 heteroatoms. The summed E-state index contributed by atoms with van der Waals surface area (Å²) in [6, 6.07) is 0. The maximum atomic E-state index is 9.08. The van der Waals surface area contributed by atoms with E-state index in [1.165, 1.54) is 0 Å². The highest BCUT2D eigenvalue weighted by atomic mass is 32.3. The number of carboxylic acids is 1. The second-order valence-electron chi connectivity index (χ2n) is 1.02. The number of aliphatic carboxylic acids is 1. The summed E-state index contributed by atoms with van der Waals surface area (Å²) in [5, 5.41) is 14.5. The first kappa shape index (κ1) is 12.0. The monoisotopic (exact) mass is 174 g/mol. The highest BCUT2D eigenvalue weighted by Gasteiger charge is 1.97. The Kier molecular flexibility index (Phi) is 6.15. The molecule has 0 rings (SSSR count). The van der Waals surface area contributed by atoms with Crippen LogP contribution in [-0.4, -0.2) is 29.3 Å². The van der Waals surface area contributed by atoms with E-state index >= 15 is 0 Å². The van der Waals surface area contributed by atoms with Crippen molar-refractivity contribution < 1.29 is 32.5 Å². The van der Waals surface area contributed by atoms with E-state index < -0.39 is 16.4 Å². The van der Waals surface area contributed by atoms with E-state index in [2.05, 4.69) is 4.33 Å². The average Bonchev–Trinajstić information content (AvgIpc) is 1.63. The van der Waals surface area contributed by atoms with Crippen LogP contribution in [-0.2, 0) is 19.5 Å². The van der Waals surface area contributed by atoms with Gasteiger partial charge in [0.15, 0.2) is 0 Å². The van der Waals surface area contributed by atoms with E-state index in [-0.39, 0.29) is 0 Å². The van der Waals surface area contributed by atoms with Crippen LogP contribution in [0.1, 0.15) is 6.92 Å². The van der Waals surface area contributed by atoms with Crippen molar-refractivity contribution in [2.45, 2.75) is 6.92 Å². The quantitative estimate of drug-likeness (QED) is 0.275. The minimum absolute atomic E-state index is 0.833.